The molecule has 0 aromatic heterocycles. The SMILES string of the molecule is O=C(COc1c(I)cc(I)cc1I)N1CCN(Cc2ccc(Cl)cc2)CC1. The predicted molar refractivity (Wildman–Crippen MR) is 133 cm³/mol. The number of piperazine rings is 1. The van der Waals surface area contributed by atoms with Gasteiger partial charge in [-0.1, -0.05) is 23.7 Å². The van der Waals surface area contributed by atoms with Gasteiger partial charge in [0, 0.05) is 41.3 Å². The van der Waals surface area contributed by atoms with Crippen LogP contribution in [-0.2, 0) is 11.3 Å². The Hall–Kier alpha value is 0.150. The van der Waals surface area contributed by atoms with Crippen LogP contribution in [0, 0.1) is 10.7 Å². The quantitative estimate of drug-likeness (QED) is 0.414. The molecule has 3 rings (SSSR count). The van der Waals surface area contributed by atoms with Crippen LogP contribution in [0.4, 0.5) is 0 Å². The molecule has 2 aromatic carbocycles. The summed E-state index contributed by atoms with van der Waals surface area (Å²) in [6.07, 6.45) is 0. The zero-order valence-electron chi connectivity index (χ0n) is 14.4. The summed E-state index contributed by atoms with van der Waals surface area (Å²) in [5.74, 6) is 0.845. The molecule has 0 bridgehead atoms. The molecule has 1 aliphatic rings. The number of amides is 1. The van der Waals surface area contributed by atoms with Gasteiger partial charge in [0.05, 0.1) is 7.14 Å². The van der Waals surface area contributed by atoms with Crippen molar-refractivity contribution >= 4 is 85.3 Å². The Kier molecular flexibility index (Phi) is 8.30. The van der Waals surface area contributed by atoms with Gasteiger partial charge in [-0.3, -0.25) is 9.69 Å². The number of hydrogen-bond acceptors (Lipinski definition) is 3. The van der Waals surface area contributed by atoms with Crippen molar-refractivity contribution in [1.82, 2.24) is 9.80 Å². The second kappa shape index (κ2) is 10.3. The predicted octanol–water partition coefficient (Wildman–Crippen LogP) is 4.88. The van der Waals surface area contributed by atoms with Crippen LogP contribution in [0.15, 0.2) is 36.4 Å². The van der Waals surface area contributed by atoms with Crippen molar-refractivity contribution in [3.8, 4) is 5.75 Å². The standard InChI is InChI=1S/C19H18ClI3N2O2/c20-14-3-1-13(2-4-14)11-24-5-7-25(8-6-24)18(26)12-27-19-16(22)9-15(21)10-17(19)23/h1-4,9-10H,5-8,11-12H2. The topological polar surface area (TPSA) is 32.8 Å². The summed E-state index contributed by atoms with van der Waals surface area (Å²) in [4.78, 5) is 16.8. The van der Waals surface area contributed by atoms with E-state index in [1.54, 1.807) is 0 Å². The van der Waals surface area contributed by atoms with Gasteiger partial charge in [-0.15, -0.1) is 0 Å². The van der Waals surface area contributed by atoms with Crippen LogP contribution < -0.4 is 4.74 Å². The number of nitrogens with zero attached hydrogens (tertiary/aromatic N) is 2. The Morgan fingerprint density at radius 1 is 1.00 bits per heavy atom. The van der Waals surface area contributed by atoms with Crippen molar-refractivity contribution in [2.75, 3.05) is 32.8 Å². The number of carbonyl (C=O) groups is 1. The van der Waals surface area contributed by atoms with Crippen LogP contribution >= 0.6 is 79.4 Å². The molecule has 1 fully saturated rings. The fourth-order valence-electron chi connectivity index (χ4n) is 2.90. The first-order valence-corrected chi connectivity index (χ1v) is 12.1. The number of halogens is 4. The van der Waals surface area contributed by atoms with Crippen molar-refractivity contribution in [1.29, 1.82) is 0 Å². The molecular weight excluding hydrogens is 704 g/mol. The maximum Gasteiger partial charge on any atom is 0.260 e. The molecule has 1 amide bonds. The second-order valence-electron chi connectivity index (χ2n) is 6.27. The molecule has 1 heterocycles. The fourth-order valence-corrected chi connectivity index (χ4v) is 6.92. The lowest BCUT2D eigenvalue weighted by Crippen LogP contribution is -2.49. The van der Waals surface area contributed by atoms with Crippen molar-refractivity contribution in [3.63, 3.8) is 0 Å². The largest absolute Gasteiger partial charge is 0.482 e. The van der Waals surface area contributed by atoms with E-state index in [4.69, 9.17) is 16.3 Å². The number of benzene rings is 2. The second-order valence-corrected chi connectivity index (χ2v) is 10.3. The van der Waals surface area contributed by atoms with Crippen molar-refractivity contribution in [2.45, 2.75) is 6.54 Å². The molecule has 0 radical (unpaired) electrons. The molecule has 1 aliphatic heterocycles. The van der Waals surface area contributed by atoms with E-state index < -0.39 is 0 Å². The maximum atomic E-state index is 12.5. The van der Waals surface area contributed by atoms with E-state index in [1.165, 1.54) is 5.56 Å². The van der Waals surface area contributed by atoms with Gasteiger partial charge < -0.3 is 9.64 Å². The monoisotopic (exact) mass is 722 g/mol. The highest BCUT2D eigenvalue weighted by Gasteiger charge is 2.22. The highest BCUT2D eigenvalue weighted by Crippen LogP contribution is 2.29. The molecule has 4 nitrogen and oxygen atoms in total. The number of ether oxygens (including phenoxy) is 1. The van der Waals surface area contributed by atoms with E-state index in [-0.39, 0.29) is 12.5 Å². The van der Waals surface area contributed by atoms with Gasteiger partial charge in [-0.2, -0.15) is 0 Å². The van der Waals surface area contributed by atoms with Crippen LogP contribution in [0.3, 0.4) is 0 Å². The van der Waals surface area contributed by atoms with Crippen molar-refractivity contribution in [3.05, 3.63) is 57.7 Å². The summed E-state index contributed by atoms with van der Waals surface area (Å²) >= 11 is 12.7. The third-order valence-electron chi connectivity index (χ3n) is 4.35. The molecule has 2 aromatic rings. The zero-order chi connectivity index (χ0) is 19.4. The van der Waals surface area contributed by atoms with Crippen molar-refractivity contribution < 1.29 is 9.53 Å². The van der Waals surface area contributed by atoms with Gasteiger partial charge in [0.15, 0.2) is 6.61 Å². The van der Waals surface area contributed by atoms with Gasteiger partial charge in [-0.05, 0) is 97.6 Å². The van der Waals surface area contributed by atoms with Crippen LogP contribution in [0.5, 0.6) is 5.75 Å². The maximum absolute atomic E-state index is 12.5. The molecule has 0 unspecified atom stereocenters. The zero-order valence-corrected chi connectivity index (χ0v) is 21.7. The first kappa shape index (κ1) is 21.8. The average molecular weight is 723 g/mol. The van der Waals surface area contributed by atoms with Gasteiger partial charge in [0.1, 0.15) is 5.75 Å². The molecule has 0 saturated carbocycles. The van der Waals surface area contributed by atoms with E-state index in [0.717, 1.165) is 54.2 Å². The van der Waals surface area contributed by atoms with E-state index in [0.29, 0.717) is 0 Å². The van der Waals surface area contributed by atoms with E-state index in [1.807, 2.05) is 17.0 Å². The molecule has 144 valence electrons. The highest BCUT2D eigenvalue weighted by atomic mass is 127. The molecule has 1 saturated heterocycles. The summed E-state index contributed by atoms with van der Waals surface area (Å²) in [6, 6.07) is 12.1. The smallest absolute Gasteiger partial charge is 0.260 e. The number of rotatable bonds is 5. The van der Waals surface area contributed by atoms with Crippen LogP contribution in [0.25, 0.3) is 0 Å². The molecule has 0 spiro atoms. The summed E-state index contributed by atoms with van der Waals surface area (Å²) in [6.45, 7) is 4.17. The first-order valence-electron chi connectivity index (χ1n) is 8.44. The summed E-state index contributed by atoms with van der Waals surface area (Å²) in [7, 11) is 0. The Balaban J connectivity index is 1.48. The Morgan fingerprint density at radius 2 is 1.59 bits per heavy atom. The van der Waals surface area contributed by atoms with Crippen LogP contribution in [0.2, 0.25) is 5.02 Å². The third-order valence-corrected chi connectivity index (χ3v) is 6.82. The van der Waals surface area contributed by atoms with Gasteiger partial charge >= 0.3 is 0 Å². The van der Waals surface area contributed by atoms with Gasteiger partial charge in [0.2, 0.25) is 0 Å². The minimum Gasteiger partial charge on any atom is -0.482 e. The lowest BCUT2D eigenvalue weighted by Gasteiger charge is -2.34. The highest BCUT2D eigenvalue weighted by molar-refractivity contribution is 14.1. The fraction of sp³-hybridized carbons (Fsp3) is 0.316. The van der Waals surface area contributed by atoms with Crippen molar-refractivity contribution in [2.24, 2.45) is 0 Å². The summed E-state index contributed by atoms with van der Waals surface area (Å²) in [5.41, 5.74) is 1.24. The average Bonchev–Trinajstić information content (AvgIpc) is 2.63. The van der Waals surface area contributed by atoms with E-state index in [2.05, 4.69) is 96.9 Å². The van der Waals surface area contributed by atoms with E-state index >= 15 is 0 Å². The minimum absolute atomic E-state index is 0.0475. The molecule has 8 heteroatoms. The lowest BCUT2D eigenvalue weighted by atomic mass is 10.2. The molecule has 27 heavy (non-hydrogen) atoms. The Labute approximate surface area is 205 Å². The lowest BCUT2D eigenvalue weighted by molar-refractivity contribution is -0.135. The molecular formula is C19H18ClI3N2O2. The van der Waals surface area contributed by atoms with Gasteiger partial charge in [-0.25, -0.2) is 0 Å². The third kappa shape index (κ3) is 6.31. The Bertz CT molecular complexity index is 786. The first-order chi connectivity index (χ1) is 12.9. The number of hydrogen-bond donors (Lipinski definition) is 0. The Morgan fingerprint density at radius 3 is 2.19 bits per heavy atom. The van der Waals surface area contributed by atoms with Crippen LogP contribution in [0.1, 0.15) is 5.56 Å². The molecule has 0 atom stereocenters. The molecule has 0 N–H and O–H groups in total. The van der Waals surface area contributed by atoms with E-state index in [9.17, 15) is 4.79 Å². The summed E-state index contributed by atoms with van der Waals surface area (Å²) in [5, 5.41) is 0.756. The molecule has 0 aliphatic carbocycles. The number of carbonyl (C=O) groups excluding carboxylic acids is 1. The van der Waals surface area contributed by atoms with Gasteiger partial charge in [0.25, 0.3) is 5.91 Å². The van der Waals surface area contributed by atoms with Crippen LogP contribution in [-0.4, -0.2) is 48.5 Å². The minimum atomic E-state index is 0.0475. The normalized spacial score (nSPS) is 15.0. The summed E-state index contributed by atoms with van der Waals surface area (Å²) < 4.78 is 9.06.